The van der Waals surface area contributed by atoms with E-state index in [4.69, 9.17) is 9.47 Å². The average molecular weight is 861 g/mol. The van der Waals surface area contributed by atoms with E-state index in [1.807, 2.05) is 110 Å². The lowest BCUT2D eigenvalue weighted by atomic mass is 9.82. The highest BCUT2D eigenvalue weighted by Crippen LogP contribution is 2.61. The van der Waals surface area contributed by atoms with Crippen LogP contribution in [0, 0.1) is 5.92 Å². The van der Waals surface area contributed by atoms with Gasteiger partial charge in [0.05, 0.1) is 48.7 Å². The molecule has 12 heteroatoms. The molecular weight excluding hydrogens is 818 g/mol. The molecule has 1 spiro atoms. The molecule has 296 valence electrons. The van der Waals surface area contributed by atoms with Crippen LogP contribution in [0.15, 0.2) is 120 Å². The summed E-state index contributed by atoms with van der Waals surface area (Å²) in [5.41, 5.74) is 3.72. The Bertz CT molecular complexity index is 2460. The number of halogens is 2. The zero-order valence-corrected chi connectivity index (χ0v) is 35.0. The van der Waals surface area contributed by atoms with E-state index in [1.165, 1.54) is 0 Å². The molecule has 4 heterocycles. The van der Waals surface area contributed by atoms with Crippen molar-refractivity contribution < 1.29 is 33.1 Å². The van der Waals surface area contributed by atoms with Crippen LogP contribution < -0.4 is 14.5 Å². The van der Waals surface area contributed by atoms with Crippen molar-refractivity contribution >= 4 is 59.1 Å². The second kappa shape index (κ2) is 14.6. The van der Waals surface area contributed by atoms with Gasteiger partial charge in [0.15, 0.2) is 11.4 Å². The third-order valence-corrected chi connectivity index (χ3v) is 15.3. The number of amides is 3. The lowest BCUT2D eigenvalue weighted by Crippen LogP contribution is -2.48. The quantitative estimate of drug-likeness (QED) is 0.130. The third kappa shape index (κ3) is 6.28. The maximum Gasteiger partial charge on any atom is 0.266 e. The first-order valence-corrected chi connectivity index (χ1v) is 23.4. The molecule has 0 bridgehead atoms. The molecule has 1 N–H and O–H groups in total. The Balaban J connectivity index is 1.02. The third-order valence-electron chi connectivity index (χ3n) is 12.4. The summed E-state index contributed by atoms with van der Waals surface area (Å²) in [6.07, 6.45) is -0.442. The Hall–Kier alpha value is -5.14. The molecule has 1 saturated heterocycles. The van der Waals surface area contributed by atoms with Crippen LogP contribution in [0.1, 0.15) is 46.0 Å². The van der Waals surface area contributed by atoms with Crippen molar-refractivity contribution in [2.75, 3.05) is 16.4 Å². The normalized spacial score (nSPS) is 23.6. The summed E-state index contributed by atoms with van der Waals surface area (Å²) in [7, 11) is -3.55. The largest absolute Gasteiger partial charge is 0.454 e. The number of hydrogen-bond acceptors (Lipinski definition) is 6. The molecule has 5 aromatic carbocycles. The number of carbonyl (C=O) groups is 3. The molecular formula is C46H43BrFN3O6Si. The second-order valence-electron chi connectivity index (χ2n) is 16.2. The lowest BCUT2D eigenvalue weighted by Gasteiger charge is -2.37. The smallest absolute Gasteiger partial charge is 0.266 e. The number of nitrogens with zero attached hydrogens (tertiary/aromatic N) is 3. The Morgan fingerprint density at radius 1 is 0.897 bits per heavy atom. The van der Waals surface area contributed by atoms with E-state index in [9.17, 15) is 14.7 Å². The Labute approximate surface area is 346 Å². The maximum atomic E-state index is 16.6. The molecule has 5 aromatic rings. The van der Waals surface area contributed by atoms with Crippen molar-refractivity contribution in [3.8, 4) is 11.5 Å². The Morgan fingerprint density at radius 2 is 1.59 bits per heavy atom. The lowest BCUT2D eigenvalue weighted by molar-refractivity contribution is -0.151. The van der Waals surface area contributed by atoms with Crippen molar-refractivity contribution in [1.82, 2.24) is 4.90 Å². The predicted octanol–water partition coefficient (Wildman–Crippen LogP) is 9.19. The van der Waals surface area contributed by atoms with E-state index in [2.05, 4.69) is 15.9 Å². The molecule has 9 nitrogen and oxygen atoms in total. The summed E-state index contributed by atoms with van der Waals surface area (Å²) in [6, 6.07) is 35.2. The summed E-state index contributed by atoms with van der Waals surface area (Å²) in [5.74, 6) is -0.313. The zero-order valence-electron chi connectivity index (χ0n) is 32.4. The van der Waals surface area contributed by atoms with Gasteiger partial charge >= 0.3 is 0 Å². The van der Waals surface area contributed by atoms with Gasteiger partial charge in [-0.15, -0.1) is 0 Å². The van der Waals surface area contributed by atoms with Crippen molar-refractivity contribution in [2.24, 2.45) is 5.92 Å². The van der Waals surface area contributed by atoms with Gasteiger partial charge in [0.1, 0.15) is 5.75 Å². The van der Waals surface area contributed by atoms with Gasteiger partial charge in [0.25, 0.3) is 11.8 Å². The van der Waals surface area contributed by atoms with E-state index >= 15 is 8.90 Å². The first-order valence-electron chi connectivity index (χ1n) is 19.6. The summed E-state index contributed by atoms with van der Waals surface area (Å²) < 4.78 is 30.5. The fourth-order valence-corrected chi connectivity index (χ4v) is 12.6. The minimum Gasteiger partial charge on any atom is -0.454 e. The van der Waals surface area contributed by atoms with Crippen LogP contribution in [-0.2, 0) is 39.4 Å². The molecule has 3 amide bonds. The predicted molar refractivity (Wildman–Crippen MR) is 225 cm³/mol. The number of benzene rings is 5. The van der Waals surface area contributed by atoms with Crippen molar-refractivity contribution in [3.63, 3.8) is 0 Å². The number of aliphatic hydroxyl groups excluding tert-OH is 1. The Morgan fingerprint density at radius 3 is 2.33 bits per heavy atom. The number of hydrogen-bond donors (Lipinski definition) is 1. The molecule has 58 heavy (non-hydrogen) atoms. The zero-order chi connectivity index (χ0) is 40.5. The van der Waals surface area contributed by atoms with Crippen LogP contribution in [0.3, 0.4) is 0 Å². The highest BCUT2D eigenvalue weighted by molar-refractivity contribution is 9.10. The fourth-order valence-electron chi connectivity index (χ4n) is 9.71. The van der Waals surface area contributed by atoms with Gasteiger partial charge in [-0.1, -0.05) is 83.5 Å². The Kier molecular flexibility index (Phi) is 9.66. The number of carbonyl (C=O) groups excluding carboxylic acids is 3. The SMILES string of the molecule is C[C@H]1[C@H]([Si](C)(C)F)[C@@H](CC(=O)N2Cc3ccccc3C[C@H]2CO)O[C@]12C(=O)N(Cc1ccc(N3C(=O)c4ccccc4Oc4ccccc43)cc1)c1ccc(Br)cc12. The van der Waals surface area contributed by atoms with E-state index in [1.54, 1.807) is 39.9 Å². The highest BCUT2D eigenvalue weighted by atomic mass is 79.9. The van der Waals surface area contributed by atoms with Crippen LogP contribution in [-0.4, -0.2) is 54.9 Å². The standard InChI is InChI=1S/C46H43BrFN3O6Si/c1-28-43(58(2,3)48)41(24-42(53)49-26-31-11-5-4-10-30(31)22-34(49)27-52)57-46(28)36-23-32(47)18-21-37(36)50(45(46)55)25-29-16-19-33(20-17-29)51-38-13-7-9-15-40(38)56-39-14-8-6-12-35(39)44(51)54/h4-21,23,28,34,41,43,52H,22,24-27H2,1-3H3/t28-,34-,41+,43-,46+/m0/s1. The molecule has 5 atom stereocenters. The molecule has 0 unspecified atom stereocenters. The fraction of sp³-hybridized carbons (Fsp3) is 0.283. The summed E-state index contributed by atoms with van der Waals surface area (Å²) in [6.45, 7) is 5.48. The minimum absolute atomic E-state index is 0.109. The number of para-hydroxylation sites is 3. The topological polar surface area (TPSA) is 99.6 Å². The number of aliphatic hydroxyl groups is 1. The average Bonchev–Trinajstić information content (AvgIpc) is 3.58. The van der Waals surface area contributed by atoms with Crippen LogP contribution in [0.2, 0.25) is 18.6 Å². The van der Waals surface area contributed by atoms with E-state index in [0.29, 0.717) is 52.7 Å². The summed E-state index contributed by atoms with van der Waals surface area (Å²) >= 11 is 3.61. The number of rotatable bonds is 7. The molecule has 0 saturated carbocycles. The molecule has 0 aromatic heterocycles. The van der Waals surface area contributed by atoms with Gasteiger partial charge in [0, 0.05) is 33.7 Å². The number of anilines is 3. The van der Waals surface area contributed by atoms with Gasteiger partial charge in [-0.05, 0) is 90.8 Å². The monoisotopic (exact) mass is 859 g/mol. The van der Waals surface area contributed by atoms with E-state index in [-0.39, 0.29) is 37.3 Å². The molecule has 1 fully saturated rings. The van der Waals surface area contributed by atoms with Crippen LogP contribution in [0.4, 0.5) is 21.2 Å². The van der Waals surface area contributed by atoms with Gasteiger partial charge in [-0.25, -0.2) is 0 Å². The molecule has 0 aliphatic carbocycles. The second-order valence-corrected chi connectivity index (χ2v) is 20.9. The van der Waals surface area contributed by atoms with Crippen molar-refractivity contribution in [3.05, 3.63) is 148 Å². The van der Waals surface area contributed by atoms with Gasteiger partial charge in [-0.3, -0.25) is 19.3 Å². The number of ether oxygens (including phenoxy) is 2. The van der Waals surface area contributed by atoms with Crippen LogP contribution >= 0.6 is 15.9 Å². The molecule has 0 radical (unpaired) electrons. The molecule has 4 aliphatic heterocycles. The minimum atomic E-state index is -3.55. The van der Waals surface area contributed by atoms with Gasteiger partial charge < -0.3 is 28.5 Å². The van der Waals surface area contributed by atoms with Crippen LogP contribution in [0.5, 0.6) is 11.5 Å². The van der Waals surface area contributed by atoms with Crippen molar-refractivity contribution in [2.45, 2.75) is 69.2 Å². The van der Waals surface area contributed by atoms with Gasteiger partial charge in [-0.2, -0.15) is 0 Å². The summed E-state index contributed by atoms with van der Waals surface area (Å²) in [4.78, 5) is 48.3. The van der Waals surface area contributed by atoms with Crippen LogP contribution in [0.25, 0.3) is 0 Å². The molecule has 4 aliphatic rings. The first-order chi connectivity index (χ1) is 27.9. The molecule has 9 rings (SSSR count). The van der Waals surface area contributed by atoms with Crippen molar-refractivity contribution in [1.29, 1.82) is 0 Å². The summed E-state index contributed by atoms with van der Waals surface area (Å²) in [5, 5.41) is 10.3. The van der Waals surface area contributed by atoms with E-state index in [0.717, 1.165) is 21.2 Å². The van der Waals surface area contributed by atoms with Gasteiger partial charge in [0.2, 0.25) is 14.3 Å². The highest BCUT2D eigenvalue weighted by Gasteiger charge is 2.67. The van der Waals surface area contributed by atoms with E-state index < -0.39 is 37.6 Å². The first kappa shape index (κ1) is 38.4. The maximum absolute atomic E-state index is 16.6. The number of fused-ring (bicyclic) bond motifs is 5.